The summed E-state index contributed by atoms with van der Waals surface area (Å²) >= 11 is 0. The van der Waals surface area contributed by atoms with E-state index in [1.165, 1.54) is 24.3 Å². The summed E-state index contributed by atoms with van der Waals surface area (Å²) in [5.74, 6) is -4.89. The molecule has 0 heterocycles. The zero-order chi connectivity index (χ0) is 16.1. The van der Waals surface area contributed by atoms with Crippen molar-refractivity contribution in [3.63, 3.8) is 0 Å². The number of hydrogen-bond acceptors (Lipinski definition) is 3. The van der Waals surface area contributed by atoms with Gasteiger partial charge in [0.05, 0.1) is 17.3 Å². The van der Waals surface area contributed by atoms with Gasteiger partial charge >= 0.3 is 0 Å². The van der Waals surface area contributed by atoms with Crippen molar-refractivity contribution >= 4 is 11.6 Å². The molecule has 2 aromatic rings. The van der Waals surface area contributed by atoms with Crippen LogP contribution in [0.3, 0.4) is 0 Å². The van der Waals surface area contributed by atoms with E-state index in [0.717, 1.165) is 6.07 Å². The van der Waals surface area contributed by atoms with Gasteiger partial charge in [-0.1, -0.05) is 0 Å². The molecule has 1 amide bonds. The molecular formula is C15H9F3N2O2. The molecule has 1 N–H and O–H groups in total. The highest BCUT2D eigenvalue weighted by molar-refractivity contribution is 5.92. The van der Waals surface area contributed by atoms with E-state index >= 15 is 0 Å². The summed E-state index contributed by atoms with van der Waals surface area (Å²) in [4.78, 5) is 11.6. The van der Waals surface area contributed by atoms with Crippen molar-refractivity contribution in [2.75, 3.05) is 11.9 Å². The first kappa shape index (κ1) is 15.4. The molecule has 0 aromatic heterocycles. The van der Waals surface area contributed by atoms with Crippen molar-refractivity contribution in [3.8, 4) is 11.8 Å². The Bertz CT molecular complexity index is 740. The molecule has 0 aliphatic heterocycles. The first-order chi connectivity index (χ1) is 10.5. The molecule has 0 saturated heterocycles. The fourth-order valence-electron chi connectivity index (χ4n) is 1.58. The third-order valence-electron chi connectivity index (χ3n) is 2.66. The summed E-state index contributed by atoms with van der Waals surface area (Å²) in [7, 11) is 0. The van der Waals surface area contributed by atoms with Gasteiger partial charge < -0.3 is 10.1 Å². The van der Waals surface area contributed by atoms with E-state index in [1.807, 2.05) is 6.07 Å². The molecule has 22 heavy (non-hydrogen) atoms. The molecule has 0 bridgehead atoms. The monoisotopic (exact) mass is 306 g/mol. The number of anilines is 1. The van der Waals surface area contributed by atoms with Gasteiger partial charge in [0.15, 0.2) is 24.1 Å². The van der Waals surface area contributed by atoms with Crippen LogP contribution >= 0.6 is 0 Å². The van der Waals surface area contributed by atoms with Crippen LogP contribution in [0.2, 0.25) is 0 Å². The Morgan fingerprint density at radius 1 is 1.09 bits per heavy atom. The average Bonchev–Trinajstić information content (AvgIpc) is 2.54. The number of benzene rings is 2. The minimum Gasteiger partial charge on any atom is -0.484 e. The predicted octanol–water partition coefficient (Wildman–Crippen LogP) is 2.99. The van der Waals surface area contributed by atoms with Gasteiger partial charge in [-0.15, -0.1) is 0 Å². The summed E-state index contributed by atoms with van der Waals surface area (Å²) in [6.45, 7) is -0.454. The third kappa shape index (κ3) is 3.55. The highest BCUT2D eigenvalue weighted by Crippen LogP contribution is 2.19. The molecule has 0 unspecified atom stereocenters. The van der Waals surface area contributed by atoms with Crippen molar-refractivity contribution < 1.29 is 22.7 Å². The van der Waals surface area contributed by atoms with E-state index in [0.29, 0.717) is 17.4 Å². The van der Waals surface area contributed by atoms with E-state index in [9.17, 15) is 18.0 Å². The van der Waals surface area contributed by atoms with Crippen LogP contribution in [-0.2, 0) is 4.79 Å². The zero-order valence-corrected chi connectivity index (χ0v) is 11.1. The Balaban J connectivity index is 1.96. The minimum absolute atomic E-state index is 0.333. The lowest BCUT2D eigenvalue weighted by Crippen LogP contribution is -2.21. The molecule has 7 heteroatoms. The standard InChI is InChI=1S/C15H9F3N2O2/c16-11-5-6-12(15(18)14(11)17)20-13(21)8-22-10-3-1-9(7-19)2-4-10/h1-6H,8H2,(H,20,21). The Morgan fingerprint density at radius 2 is 1.77 bits per heavy atom. The topological polar surface area (TPSA) is 62.1 Å². The molecule has 0 spiro atoms. The lowest BCUT2D eigenvalue weighted by molar-refractivity contribution is -0.118. The van der Waals surface area contributed by atoms with Crippen molar-refractivity contribution in [1.82, 2.24) is 0 Å². The van der Waals surface area contributed by atoms with Gasteiger partial charge in [0.25, 0.3) is 5.91 Å². The smallest absolute Gasteiger partial charge is 0.262 e. The number of nitriles is 1. The second-order valence-electron chi connectivity index (χ2n) is 4.20. The molecule has 0 aliphatic rings. The number of nitrogens with one attached hydrogen (secondary N) is 1. The van der Waals surface area contributed by atoms with Crippen LogP contribution in [0.25, 0.3) is 0 Å². The van der Waals surface area contributed by atoms with Crippen LogP contribution in [0.15, 0.2) is 36.4 Å². The molecule has 4 nitrogen and oxygen atoms in total. The Morgan fingerprint density at radius 3 is 2.41 bits per heavy atom. The van der Waals surface area contributed by atoms with Crippen LogP contribution < -0.4 is 10.1 Å². The van der Waals surface area contributed by atoms with Crippen molar-refractivity contribution in [3.05, 3.63) is 59.4 Å². The normalized spacial score (nSPS) is 9.91. The number of carbonyl (C=O) groups excluding carboxylic acids is 1. The van der Waals surface area contributed by atoms with Crippen LogP contribution in [-0.4, -0.2) is 12.5 Å². The molecule has 0 fully saturated rings. The van der Waals surface area contributed by atoms with Gasteiger partial charge in [-0.25, -0.2) is 13.2 Å². The lowest BCUT2D eigenvalue weighted by atomic mass is 10.2. The van der Waals surface area contributed by atoms with Gasteiger partial charge in [-0.05, 0) is 36.4 Å². The van der Waals surface area contributed by atoms with E-state index in [2.05, 4.69) is 5.32 Å². The fourth-order valence-corrected chi connectivity index (χ4v) is 1.58. The van der Waals surface area contributed by atoms with E-state index < -0.39 is 35.7 Å². The first-order valence-corrected chi connectivity index (χ1v) is 6.07. The first-order valence-electron chi connectivity index (χ1n) is 6.07. The zero-order valence-electron chi connectivity index (χ0n) is 11.1. The highest BCUT2D eigenvalue weighted by Gasteiger charge is 2.15. The molecular weight excluding hydrogens is 297 g/mol. The third-order valence-corrected chi connectivity index (χ3v) is 2.66. The van der Waals surface area contributed by atoms with E-state index in [4.69, 9.17) is 10.00 Å². The van der Waals surface area contributed by atoms with Crippen LogP contribution in [0.4, 0.5) is 18.9 Å². The summed E-state index contributed by atoms with van der Waals surface area (Å²) in [6, 6.07) is 9.52. The number of rotatable bonds is 4. The van der Waals surface area contributed by atoms with Gasteiger partial charge in [0, 0.05) is 0 Å². The quantitative estimate of drug-likeness (QED) is 0.883. The summed E-state index contributed by atoms with van der Waals surface area (Å²) in [5.41, 5.74) is -0.0482. The van der Waals surface area contributed by atoms with Gasteiger partial charge in [-0.3, -0.25) is 4.79 Å². The number of hydrogen-bond donors (Lipinski definition) is 1. The molecule has 0 aliphatic carbocycles. The maximum Gasteiger partial charge on any atom is 0.262 e. The van der Waals surface area contributed by atoms with Crippen LogP contribution in [0, 0.1) is 28.8 Å². The Hall–Kier alpha value is -3.01. The predicted molar refractivity (Wildman–Crippen MR) is 71.6 cm³/mol. The summed E-state index contributed by atoms with van der Waals surface area (Å²) < 4.78 is 44.2. The van der Waals surface area contributed by atoms with E-state index in [1.54, 1.807) is 0 Å². The van der Waals surface area contributed by atoms with Crippen LogP contribution in [0.1, 0.15) is 5.56 Å². The number of amides is 1. The number of halogens is 3. The molecule has 0 radical (unpaired) electrons. The number of ether oxygens (including phenoxy) is 1. The molecule has 0 atom stereocenters. The summed E-state index contributed by atoms with van der Waals surface area (Å²) in [5, 5.41) is 10.7. The van der Waals surface area contributed by atoms with Crippen molar-refractivity contribution in [2.45, 2.75) is 0 Å². The second-order valence-corrected chi connectivity index (χ2v) is 4.20. The molecule has 112 valence electrons. The van der Waals surface area contributed by atoms with Crippen molar-refractivity contribution in [2.24, 2.45) is 0 Å². The Labute approximate surface area is 123 Å². The largest absolute Gasteiger partial charge is 0.484 e. The number of nitrogens with zero attached hydrogens (tertiary/aromatic N) is 1. The fraction of sp³-hybridized carbons (Fsp3) is 0.0667. The molecule has 0 saturated carbocycles. The van der Waals surface area contributed by atoms with Crippen LogP contribution in [0.5, 0.6) is 5.75 Å². The summed E-state index contributed by atoms with van der Waals surface area (Å²) in [6.07, 6.45) is 0. The minimum atomic E-state index is -1.66. The SMILES string of the molecule is N#Cc1ccc(OCC(=O)Nc2ccc(F)c(F)c2F)cc1. The van der Waals surface area contributed by atoms with Crippen molar-refractivity contribution in [1.29, 1.82) is 5.26 Å². The maximum absolute atomic E-state index is 13.4. The highest BCUT2D eigenvalue weighted by atomic mass is 19.2. The van der Waals surface area contributed by atoms with Gasteiger partial charge in [0.2, 0.25) is 0 Å². The average molecular weight is 306 g/mol. The van der Waals surface area contributed by atoms with E-state index in [-0.39, 0.29) is 0 Å². The number of carbonyl (C=O) groups is 1. The Kier molecular flexibility index (Phi) is 4.63. The molecule has 2 rings (SSSR count). The van der Waals surface area contributed by atoms with Gasteiger partial charge in [-0.2, -0.15) is 5.26 Å². The maximum atomic E-state index is 13.4. The van der Waals surface area contributed by atoms with Gasteiger partial charge in [0.1, 0.15) is 5.75 Å². The second kappa shape index (κ2) is 6.63. The lowest BCUT2D eigenvalue weighted by Gasteiger charge is -2.08. The molecule has 2 aromatic carbocycles.